The van der Waals surface area contributed by atoms with Crippen LogP contribution in [0.15, 0.2) is 12.2 Å². The summed E-state index contributed by atoms with van der Waals surface area (Å²) in [5.41, 5.74) is 0. The molecule has 0 saturated heterocycles. The van der Waals surface area contributed by atoms with Gasteiger partial charge in [-0.05, 0) is 31.1 Å². The van der Waals surface area contributed by atoms with Crippen LogP contribution in [-0.4, -0.2) is 48.3 Å². The molecule has 0 radical (unpaired) electrons. The average molecular weight is 353 g/mol. The number of hydrogen-bond acceptors (Lipinski definition) is 6. The number of ether oxygens (including phenoxy) is 1. The Hall–Kier alpha value is -0.703. The minimum atomic E-state index is -3.68. The SMILES string of the molecule is COC(=O)/C=C/[C@H](OS(C)(=O)=O)[C@H](C)O[Si](C)(C)C(C)(C)C. The number of esters is 1. The molecule has 0 amide bonds. The zero-order chi connectivity index (χ0) is 17.8. The van der Waals surface area contributed by atoms with Crippen molar-refractivity contribution in [3.63, 3.8) is 0 Å². The fourth-order valence-corrected chi connectivity index (χ4v) is 3.46. The maximum absolute atomic E-state index is 11.4. The van der Waals surface area contributed by atoms with Gasteiger partial charge in [-0.1, -0.05) is 20.8 Å². The molecule has 0 aliphatic carbocycles. The first-order chi connectivity index (χ1) is 9.69. The van der Waals surface area contributed by atoms with Crippen LogP contribution in [0.4, 0.5) is 0 Å². The van der Waals surface area contributed by atoms with Gasteiger partial charge >= 0.3 is 5.97 Å². The van der Waals surface area contributed by atoms with Crippen molar-refractivity contribution in [3.05, 3.63) is 12.2 Å². The lowest BCUT2D eigenvalue weighted by atomic mass is 10.2. The molecule has 8 heteroatoms. The topological polar surface area (TPSA) is 78.9 Å². The molecule has 22 heavy (non-hydrogen) atoms. The molecule has 0 bridgehead atoms. The first kappa shape index (κ1) is 21.3. The van der Waals surface area contributed by atoms with Crippen molar-refractivity contribution in [2.24, 2.45) is 0 Å². The molecule has 0 N–H and O–H groups in total. The fourth-order valence-electron chi connectivity index (χ4n) is 1.42. The Morgan fingerprint density at radius 2 is 1.73 bits per heavy atom. The second-order valence-corrected chi connectivity index (χ2v) is 13.1. The van der Waals surface area contributed by atoms with Gasteiger partial charge in [0, 0.05) is 6.08 Å². The van der Waals surface area contributed by atoms with Crippen LogP contribution in [0.3, 0.4) is 0 Å². The van der Waals surface area contributed by atoms with Gasteiger partial charge in [-0.15, -0.1) is 0 Å². The monoisotopic (exact) mass is 352 g/mol. The summed E-state index contributed by atoms with van der Waals surface area (Å²) < 4.78 is 38.5. The lowest BCUT2D eigenvalue weighted by Gasteiger charge is -2.39. The maximum atomic E-state index is 11.4. The van der Waals surface area contributed by atoms with Crippen LogP contribution in [0, 0.1) is 0 Å². The van der Waals surface area contributed by atoms with E-state index < -0.39 is 36.6 Å². The van der Waals surface area contributed by atoms with Crippen LogP contribution in [0.25, 0.3) is 0 Å². The van der Waals surface area contributed by atoms with Crippen molar-refractivity contribution < 1.29 is 26.6 Å². The van der Waals surface area contributed by atoms with Crippen molar-refractivity contribution in [1.29, 1.82) is 0 Å². The minimum absolute atomic E-state index is 0.0248. The average Bonchev–Trinajstić information content (AvgIpc) is 2.30. The van der Waals surface area contributed by atoms with Gasteiger partial charge < -0.3 is 9.16 Å². The summed E-state index contributed by atoms with van der Waals surface area (Å²) in [6, 6.07) is 0. The van der Waals surface area contributed by atoms with E-state index in [1.165, 1.54) is 13.2 Å². The van der Waals surface area contributed by atoms with Crippen LogP contribution in [0.5, 0.6) is 0 Å². The number of carbonyl (C=O) groups is 1. The summed E-state index contributed by atoms with van der Waals surface area (Å²) in [5.74, 6) is -0.582. The first-order valence-corrected chi connectivity index (χ1v) is 11.7. The maximum Gasteiger partial charge on any atom is 0.330 e. The summed E-state index contributed by atoms with van der Waals surface area (Å²) in [6.45, 7) is 12.1. The van der Waals surface area contributed by atoms with E-state index in [1.807, 2.05) is 0 Å². The largest absolute Gasteiger partial charge is 0.466 e. The highest BCUT2D eigenvalue weighted by Crippen LogP contribution is 2.37. The molecule has 0 aliphatic heterocycles. The molecule has 0 aromatic rings. The molecular weight excluding hydrogens is 324 g/mol. The van der Waals surface area contributed by atoms with E-state index in [4.69, 9.17) is 8.61 Å². The van der Waals surface area contributed by atoms with Crippen LogP contribution >= 0.6 is 0 Å². The van der Waals surface area contributed by atoms with Gasteiger partial charge in [-0.3, -0.25) is 4.18 Å². The van der Waals surface area contributed by atoms with E-state index in [1.54, 1.807) is 6.92 Å². The van der Waals surface area contributed by atoms with Gasteiger partial charge in [0.25, 0.3) is 10.1 Å². The van der Waals surface area contributed by atoms with Crippen LogP contribution < -0.4 is 0 Å². The van der Waals surface area contributed by atoms with E-state index in [9.17, 15) is 13.2 Å². The van der Waals surface area contributed by atoms with Gasteiger partial charge in [-0.25, -0.2) is 4.79 Å². The molecule has 0 aromatic carbocycles. The van der Waals surface area contributed by atoms with Gasteiger partial charge in [0.05, 0.1) is 19.5 Å². The summed E-state index contributed by atoms with van der Waals surface area (Å²) in [6.07, 6.45) is 2.05. The van der Waals surface area contributed by atoms with E-state index >= 15 is 0 Å². The van der Waals surface area contributed by atoms with E-state index in [0.29, 0.717) is 0 Å². The Balaban J connectivity index is 5.25. The third-order valence-electron chi connectivity index (χ3n) is 3.66. The second kappa shape index (κ2) is 7.72. The third-order valence-corrected chi connectivity index (χ3v) is 8.80. The van der Waals surface area contributed by atoms with Gasteiger partial charge in [-0.2, -0.15) is 8.42 Å². The van der Waals surface area contributed by atoms with E-state index in [-0.39, 0.29) is 5.04 Å². The quantitative estimate of drug-likeness (QED) is 0.303. The number of rotatable bonds is 7. The highest BCUT2D eigenvalue weighted by Gasteiger charge is 2.40. The highest BCUT2D eigenvalue weighted by molar-refractivity contribution is 7.86. The highest BCUT2D eigenvalue weighted by atomic mass is 32.2. The summed E-state index contributed by atoms with van der Waals surface area (Å²) in [5, 5.41) is -0.0248. The van der Waals surface area contributed by atoms with Crippen molar-refractivity contribution in [2.45, 2.75) is 58.0 Å². The van der Waals surface area contributed by atoms with Crippen molar-refractivity contribution in [2.75, 3.05) is 13.4 Å². The molecule has 0 saturated carbocycles. The molecule has 0 heterocycles. The number of carbonyl (C=O) groups excluding carboxylic acids is 1. The molecule has 0 fully saturated rings. The number of methoxy groups -OCH3 is 1. The van der Waals surface area contributed by atoms with E-state index in [2.05, 4.69) is 38.6 Å². The smallest absolute Gasteiger partial charge is 0.330 e. The molecular formula is C14H28O6SSi. The van der Waals surface area contributed by atoms with Crippen LogP contribution in [0.1, 0.15) is 27.7 Å². The summed E-state index contributed by atoms with van der Waals surface area (Å²) in [4.78, 5) is 11.2. The van der Waals surface area contributed by atoms with Crippen LogP contribution in [0.2, 0.25) is 18.1 Å². The minimum Gasteiger partial charge on any atom is -0.466 e. The van der Waals surface area contributed by atoms with Crippen molar-refractivity contribution >= 4 is 24.4 Å². The molecule has 0 aromatic heterocycles. The third kappa shape index (κ3) is 7.53. The molecule has 0 unspecified atom stereocenters. The Kier molecular flexibility index (Phi) is 7.47. The normalized spacial score (nSPS) is 16.5. The van der Waals surface area contributed by atoms with Crippen LogP contribution in [-0.2, 0) is 28.3 Å². The molecule has 0 rings (SSSR count). The predicted molar refractivity (Wildman–Crippen MR) is 88.6 cm³/mol. The Morgan fingerprint density at radius 3 is 2.09 bits per heavy atom. The summed E-state index contributed by atoms with van der Waals surface area (Å²) in [7, 11) is -4.53. The molecule has 130 valence electrons. The fraction of sp³-hybridized carbons (Fsp3) is 0.786. The Morgan fingerprint density at radius 1 is 1.23 bits per heavy atom. The lowest BCUT2D eigenvalue weighted by Crippen LogP contribution is -2.46. The molecule has 2 atom stereocenters. The lowest BCUT2D eigenvalue weighted by molar-refractivity contribution is -0.134. The predicted octanol–water partition coefficient (Wildman–Crippen LogP) is 2.47. The molecule has 0 aliphatic rings. The summed E-state index contributed by atoms with van der Waals surface area (Å²) >= 11 is 0. The van der Waals surface area contributed by atoms with Crippen molar-refractivity contribution in [3.8, 4) is 0 Å². The molecule has 6 nitrogen and oxygen atoms in total. The van der Waals surface area contributed by atoms with Gasteiger partial charge in [0.1, 0.15) is 6.10 Å². The standard InChI is InChI=1S/C14H28O6SSi/c1-11(20-22(7,8)14(2,3)4)12(19-21(6,16)17)9-10-13(15)18-5/h9-12H,1-8H3/b10-9+/t11-,12-/m0/s1. The number of hydrogen-bond donors (Lipinski definition) is 0. The second-order valence-electron chi connectivity index (χ2n) is 6.73. The van der Waals surface area contributed by atoms with Crippen molar-refractivity contribution in [1.82, 2.24) is 0 Å². The zero-order valence-corrected chi connectivity index (χ0v) is 16.5. The molecule has 0 spiro atoms. The van der Waals surface area contributed by atoms with Gasteiger partial charge in [0.15, 0.2) is 8.32 Å². The Bertz CT molecular complexity index is 504. The van der Waals surface area contributed by atoms with E-state index in [0.717, 1.165) is 12.3 Å². The van der Waals surface area contributed by atoms with Gasteiger partial charge in [0.2, 0.25) is 0 Å². The Labute approximate surface area is 135 Å². The zero-order valence-electron chi connectivity index (χ0n) is 14.7. The first-order valence-electron chi connectivity index (χ1n) is 7.02.